The first-order valence-electron chi connectivity index (χ1n) is 9.63. The van der Waals surface area contributed by atoms with E-state index in [1.54, 1.807) is 6.07 Å². The summed E-state index contributed by atoms with van der Waals surface area (Å²) in [6.45, 7) is 1.51. The van der Waals surface area contributed by atoms with Gasteiger partial charge in [-0.3, -0.25) is 4.79 Å². The first kappa shape index (κ1) is 18.1. The number of carbonyl (C=O) groups excluding carboxylic acids is 1. The Morgan fingerprint density at radius 1 is 1.04 bits per heavy atom. The van der Waals surface area contributed by atoms with Crippen LogP contribution in [0.5, 0.6) is 0 Å². The number of hydrogen-bond acceptors (Lipinski definition) is 2. The van der Waals surface area contributed by atoms with E-state index >= 15 is 0 Å². The lowest BCUT2D eigenvalue weighted by Crippen LogP contribution is -2.34. The smallest absolute Gasteiger partial charge is 0.226 e. The third-order valence-corrected chi connectivity index (χ3v) is 5.78. The van der Waals surface area contributed by atoms with E-state index in [9.17, 15) is 13.6 Å². The van der Waals surface area contributed by atoms with E-state index in [0.717, 1.165) is 56.0 Å². The minimum absolute atomic E-state index is 0.0224. The third-order valence-electron chi connectivity index (χ3n) is 5.78. The summed E-state index contributed by atoms with van der Waals surface area (Å²) < 4.78 is 27.0. The van der Waals surface area contributed by atoms with Crippen molar-refractivity contribution in [1.29, 1.82) is 0 Å². The second-order valence-electron chi connectivity index (χ2n) is 7.68. The first-order valence-corrected chi connectivity index (χ1v) is 9.63. The fourth-order valence-corrected chi connectivity index (χ4v) is 4.14. The number of carbonyl (C=O) groups is 1. The summed E-state index contributed by atoms with van der Waals surface area (Å²) in [6, 6.07) is 11.9. The quantitative estimate of drug-likeness (QED) is 0.885. The van der Waals surface area contributed by atoms with E-state index in [4.69, 9.17) is 5.73 Å². The van der Waals surface area contributed by atoms with Gasteiger partial charge in [0, 0.05) is 25.0 Å². The molecule has 2 aromatic carbocycles. The zero-order chi connectivity index (χ0) is 19.0. The van der Waals surface area contributed by atoms with Gasteiger partial charge in [0.05, 0.1) is 0 Å². The van der Waals surface area contributed by atoms with Crippen molar-refractivity contribution in [1.82, 2.24) is 4.90 Å². The predicted molar refractivity (Wildman–Crippen MR) is 101 cm³/mol. The average Bonchev–Trinajstić information content (AvgIpc) is 3.48. The molecule has 27 heavy (non-hydrogen) atoms. The van der Waals surface area contributed by atoms with Crippen LogP contribution in [0.3, 0.4) is 0 Å². The summed E-state index contributed by atoms with van der Waals surface area (Å²) in [4.78, 5) is 14.9. The molecule has 1 aliphatic carbocycles. The van der Waals surface area contributed by atoms with Crippen LogP contribution in [-0.2, 0) is 4.79 Å². The van der Waals surface area contributed by atoms with Gasteiger partial charge in [0.25, 0.3) is 0 Å². The molecule has 0 aromatic heterocycles. The fraction of sp³-hybridized carbons (Fsp3) is 0.409. The molecule has 2 N–H and O–H groups in total. The number of rotatable bonds is 3. The van der Waals surface area contributed by atoms with Gasteiger partial charge in [-0.1, -0.05) is 30.3 Å². The molecule has 1 amide bonds. The van der Waals surface area contributed by atoms with Crippen LogP contribution in [0.25, 0.3) is 11.1 Å². The van der Waals surface area contributed by atoms with Crippen molar-refractivity contribution in [3.05, 3.63) is 59.7 Å². The number of benzene rings is 2. The standard InChI is InChI=1S/C22H24F2N2O/c23-20-8-7-14(12-21(20)24)16-5-1-2-6-17(16)18-13-19(18)22(27)26-10-3-4-15(25)9-11-26/h1-2,5-8,12,15,18-19H,3-4,9-11,13,25H2. The van der Waals surface area contributed by atoms with E-state index in [1.165, 1.54) is 6.07 Å². The van der Waals surface area contributed by atoms with Gasteiger partial charge >= 0.3 is 0 Å². The Kier molecular flexibility index (Phi) is 4.96. The second kappa shape index (κ2) is 7.39. The van der Waals surface area contributed by atoms with Gasteiger partial charge in [-0.25, -0.2) is 8.78 Å². The van der Waals surface area contributed by atoms with Crippen LogP contribution in [0, 0.1) is 17.6 Å². The van der Waals surface area contributed by atoms with Gasteiger partial charge < -0.3 is 10.6 Å². The Labute approximate surface area is 158 Å². The van der Waals surface area contributed by atoms with Crippen LogP contribution in [0.2, 0.25) is 0 Å². The topological polar surface area (TPSA) is 46.3 Å². The maximum atomic E-state index is 13.7. The Balaban J connectivity index is 1.54. The Morgan fingerprint density at radius 3 is 2.67 bits per heavy atom. The normalized spacial score (nSPS) is 25.1. The number of likely N-dealkylation sites (tertiary alicyclic amines) is 1. The summed E-state index contributed by atoms with van der Waals surface area (Å²) in [5.41, 5.74) is 8.57. The zero-order valence-electron chi connectivity index (χ0n) is 15.2. The molecule has 3 nitrogen and oxygen atoms in total. The average molecular weight is 370 g/mol. The van der Waals surface area contributed by atoms with Gasteiger partial charge in [-0.05, 0) is 60.4 Å². The Morgan fingerprint density at radius 2 is 1.85 bits per heavy atom. The highest BCUT2D eigenvalue weighted by Gasteiger charge is 2.46. The van der Waals surface area contributed by atoms with Gasteiger partial charge in [-0.15, -0.1) is 0 Å². The van der Waals surface area contributed by atoms with Gasteiger partial charge in [0.2, 0.25) is 5.91 Å². The van der Waals surface area contributed by atoms with E-state index in [2.05, 4.69) is 0 Å². The molecule has 1 aliphatic heterocycles. The monoisotopic (exact) mass is 370 g/mol. The maximum absolute atomic E-state index is 13.7. The maximum Gasteiger partial charge on any atom is 0.226 e. The third kappa shape index (κ3) is 3.74. The minimum atomic E-state index is -0.855. The molecule has 0 spiro atoms. The summed E-state index contributed by atoms with van der Waals surface area (Å²) in [5.74, 6) is -1.39. The molecule has 0 bridgehead atoms. The predicted octanol–water partition coefficient (Wildman–Crippen LogP) is 4.08. The number of amides is 1. The molecule has 2 aliphatic rings. The van der Waals surface area contributed by atoms with Crippen molar-refractivity contribution < 1.29 is 13.6 Å². The van der Waals surface area contributed by atoms with Crippen molar-refractivity contribution in [2.45, 2.75) is 37.6 Å². The molecule has 4 rings (SSSR count). The van der Waals surface area contributed by atoms with Crippen molar-refractivity contribution >= 4 is 5.91 Å². The summed E-state index contributed by atoms with van der Waals surface area (Å²) in [7, 11) is 0. The summed E-state index contributed by atoms with van der Waals surface area (Å²) in [5, 5.41) is 0. The van der Waals surface area contributed by atoms with Crippen LogP contribution < -0.4 is 5.73 Å². The molecular weight excluding hydrogens is 346 g/mol. The number of nitrogens with two attached hydrogens (primary N) is 1. The Hall–Kier alpha value is -2.27. The van der Waals surface area contributed by atoms with Crippen LogP contribution in [0.1, 0.15) is 37.2 Å². The minimum Gasteiger partial charge on any atom is -0.342 e. The molecule has 2 aromatic rings. The molecule has 3 atom stereocenters. The first-order chi connectivity index (χ1) is 13.0. The van der Waals surface area contributed by atoms with Crippen molar-refractivity contribution in [3.8, 4) is 11.1 Å². The molecule has 1 saturated heterocycles. The molecular formula is C22H24F2N2O. The van der Waals surface area contributed by atoms with Crippen LogP contribution in [0.15, 0.2) is 42.5 Å². The molecule has 1 heterocycles. The summed E-state index contributed by atoms with van der Waals surface area (Å²) >= 11 is 0. The molecule has 0 radical (unpaired) electrons. The molecule has 5 heteroatoms. The van der Waals surface area contributed by atoms with Crippen molar-refractivity contribution in [2.75, 3.05) is 13.1 Å². The fourth-order valence-electron chi connectivity index (χ4n) is 4.14. The summed E-state index contributed by atoms with van der Waals surface area (Å²) in [6.07, 6.45) is 3.59. The van der Waals surface area contributed by atoms with Crippen molar-refractivity contribution in [3.63, 3.8) is 0 Å². The highest BCUT2D eigenvalue weighted by molar-refractivity contribution is 5.84. The lowest BCUT2D eigenvalue weighted by atomic mass is 9.95. The van der Waals surface area contributed by atoms with E-state index in [1.807, 2.05) is 29.2 Å². The number of nitrogens with zero attached hydrogens (tertiary/aromatic N) is 1. The van der Waals surface area contributed by atoms with E-state index in [-0.39, 0.29) is 23.8 Å². The van der Waals surface area contributed by atoms with Gasteiger partial charge in [0.15, 0.2) is 11.6 Å². The van der Waals surface area contributed by atoms with Crippen molar-refractivity contribution in [2.24, 2.45) is 11.7 Å². The van der Waals surface area contributed by atoms with Gasteiger partial charge in [-0.2, -0.15) is 0 Å². The zero-order valence-corrected chi connectivity index (χ0v) is 15.2. The van der Waals surface area contributed by atoms with Crippen LogP contribution in [-0.4, -0.2) is 29.9 Å². The Bertz CT molecular complexity index is 854. The van der Waals surface area contributed by atoms with Crippen LogP contribution in [0.4, 0.5) is 8.78 Å². The number of halogens is 2. The lowest BCUT2D eigenvalue weighted by Gasteiger charge is -2.21. The van der Waals surface area contributed by atoms with Gasteiger partial charge in [0.1, 0.15) is 0 Å². The SMILES string of the molecule is NC1CCCN(C(=O)C2CC2c2ccccc2-c2ccc(F)c(F)c2)CC1. The molecule has 3 unspecified atom stereocenters. The highest BCUT2D eigenvalue weighted by Crippen LogP contribution is 2.51. The molecule has 1 saturated carbocycles. The lowest BCUT2D eigenvalue weighted by molar-refractivity contribution is -0.132. The van der Waals surface area contributed by atoms with Crippen LogP contribution >= 0.6 is 0 Å². The van der Waals surface area contributed by atoms with E-state index in [0.29, 0.717) is 5.56 Å². The number of hydrogen-bond donors (Lipinski definition) is 1. The second-order valence-corrected chi connectivity index (χ2v) is 7.68. The highest BCUT2D eigenvalue weighted by atomic mass is 19.2. The van der Waals surface area contributed by atoms with E-state index < -0.39 is 11.6 Å². The molecule has 2 fully saturated rings. The largest absolute Gasteiger partial charge is 0.342 e. The molecule has 142 valence electrons.